The molecule has 0 spiro atoms. The standard InChI is InChI=1S/C17H33N/c1-5-7-8-15-9-11-16(12-10-15)17(14(3)4)18-13-6-2/h15-18H,3,5-13H2,1-2,4H3. The lowest BCUT2D eigenvalue weighted by Gasteiger charge is -2.35. The zero-order valence-electron chi connectivity index (χ0n) is 12.8. The van der Waals surface area contributed by atoms with Crippen molar-refractivity contribution in [3.05, 3.63) is 12.2 Å². The SMILES string of the molecule is C=C(C)C(NCCC)C1CCC(CCCC)CC1. The van der Waals surface area contributed by atoms with Crippen molar-refractivity contribution in [3.8, 4) is 0 Å². The minimum Gasteiger partial charge on any atom is -0.310 e. The van der Waals surface area contributed by atoms with Crippen molar-refractivity contribution in [3.63, 3.8) is 0 Å². The average molecular weight is 251 g/mol. The Balaban J connectivity index is 2.36. The predicted octanol–water partition coefficient (Wildman–Crippen LogP) is 4.93. The summed E-state index contributed by atoms with van der Waals surface area (Å²) in [4.78, 5) is 0. The third kappa shape index (κ3) is 5.14. The van der Waals surface area contributed by atoms with Gasteiger partial charge in [-0.15, -0.1) is 0 Å². The highest BCUT2D eigenvalue weighted by atomic mass is 14.9. The third-order valence-corrected chi connectivity index (χ3v) is 4.47. The summed E-state index contributed by atoms with van der Waals surface area (Å²) >= 11 is 0. The van der Waals surface area contributed by atoms with Gasteiger partial charge in [0.25, 0.3) is 0 Å². The summed E-state index contributed by atoms with van der Waals surface area (Å²) in [6.45, 7) is 12.1. The molecule has 1 N–H and O–H groups in total. The van der Waals surface area contributed by atoms with Crippen LogP contribution in [0.15, 0.2) is 12.2 Å². The Bertz CT molecular complexity index is 226. The van der Waals surface area contributed by atoms with Crippen molar-refractivity contribution in [1.29, 1.82) is 0 Å². The van der Waals surface area contributed by atoms with E-state index in [9.17, 15) is 0 Å². The smallest absolute Gasteiger partial charge is 0.0302 e. The summed E-state index contributed by atoms with van der Waals surface area (Å²) in [5, 5.41) is 3.70. The van der Waals surface area contributed by atoms with Crippen LogP contribution in [0, 0.1) is 11.8 Å². The Morgan fingerprint density at radius 3 is 2.33 bits per heavy atom. The molecule has 1 atom stereocenters. The Labute approximate surface area is 114 Å². The zero-order chi connectivity index (χ0) is 13.4. The summed E-state index contributed by atoms with van der Waals surface area (Å²) < 4.78 is 0. The minimum absolute atomic E-state index is 0.567. The fourth-order valence-corrected chi connectivity index (χ4v) is 3.35. The molecule has 0 bridgehead atoms. The second-order valence-electron chi connectivity index (χ2n) is 6.20. The molecule has 106 valence electrons. The number of nitrogens with one attached hydrogen (secondary N) is 1. The van der Waals surface area contributed by atoms with Gasteiger partial charge in [-0.3, -0.25) is 0 Å². The van der Waals surface area contributed by atoms with Crippen LogP contribution in [0.5, 0.6) is 0 Å². The van der Waals surface area contributed by atoms with Crippen molar-refractivity contribution in [2.45, 2.75) is 78.2 Å². The second kappa shape index (κ2) is 8.74. The number of rotatable bonds is 8. The van der Waals surface area contributed by atoms with E-state index in [-0.39, 0.29) is 0 Å². The first-order valence-electron chi connectivity index (χ1n) is 8.07. The molecule has 1 aliphatic rings. The van der Waals surface area contributed by atoms with Crippen molar-refractivity contribution in [2.75, 3.05) is 6.54 Å². The maximum atomic E-state index is 4.19. The number of hydrogen-bond donors (Lipinski definition) is 1. The van der Waals surface area contributed by atoms with E-state index in [1.807, 2.05) is 0 Å². The van der Waals surface area contributed by atoms with Gasteiger partial charge in [-0.25, -0.2) is 0 Å². The fraction of sp³-hybridized carbons (Fsp3) is 0.882. The van der Waals surface area contributed by atoms with Crippen LogP contribution in [0.25, 0.3) is 0 Å². The first-order valence-corrected chi connectivity index (χ1v) is 8.07. The highest BCUT2D eigenvalue weighted by Crippen LogP contribution is 2.34. The monoisotopic (exact) mass is 251 g/mol. The van der Waals surface area contributed by atoms with E-state index in [2.05, 4.69) is 32.7 Å². The summed E-state index contributed by atoms with van der Waals surface area (Å²) in [7, 11) is 0. The fourth-order valence-electron chi connectivity index (χ4n) is 3.35. The molecule has 1 fully saturated rings. The van der Waals surface area contributed by atoms with Gasteiger partial charge in [-0.1, -0.05) is 58.1 Å². The molecule has 1 aliphatic carbocycles. The molecule has 0 aromatic heterocycles. The van der Waals surface area contributed by atoms with E-state index < -0.39 is 0 Å². The van der Waals surface area contributed by atoms with Gasteiger partial charge in [0.2, 0.25) is 0 Å². The molecule has 0 radical (unpaired) electrons. The van der Waals surface area contributed by atoms with E-state index in [0.29, 0.717) is 6.04 Å². The van der Waals surface area contributed by atoms with Crippen LogP contribution in [-0.2, 0) is 0 Å². The van der Waals surface area contributed by atoms with Crippen molar-refractivity contribution < 1.29 is 0 Å². The lowest BCUT2D eigenvalue weighted by atomic mass is 9.75. The maximum Gasteiger partial charge on any atom is 0.0302 e. The zero-order valence-corrected chi connectivity index (χ0v) is 12.8. The molecule has 1 heteroatoms. The molecule has 0 amide bonds. The van der Waals surface area contributed by atoms with Gasteiger partial charge in [0.15, 0.2) is 0 Å². The van der Waals surface area contributed by atoms with Gasteiger partial charge < -0.3 is 5.32 Å². The van der Waals surface area contributed by atoms with E-state index in [0.717, 1.165) is 18.4 Å². The van der Waals surface area contributed by atoms with Crippen molar-refractivity contribution in [2.24, 2.45) is 11.8 Å². The number of hydrogen-bond acceptors (Lipinski definition) is 1. The highest BCUT2D eigenvalue weighted by molar-refractivity contribution is 5.05. The van der Waals surface area contributed by atoms with Crippen LogP contribution in [0.4, 0.5) is 0 Å². The lowest BCUT2D eigenvalue weighted by molar-refractivity contribution is 0.226. The van der Waals surface area contributed by atoms with Crippen LogP contribution in [0.3, 0.4) is 0 Å². The molecule has 0 aromatic rings. The summed E-state index contributed by atoms with van der Waals surface area (Å²) in [6.07, 6.45) is 11.2. The maximum absolute atomic E-state index is 4.19. The van der Waals surface area contributed by atoms with E-state index in [1.54, 1.807) is 0 Å². The first kappa shape index (κ1) is 15.8. The lowest BCUT2D eigenvalue weighted by Crippen LogP contribution is -2.39. The van der Waals surface area contributed by atoms with Crippen LogP contribution >= 0.6 is 0 Å². The largest absolute Gasteiger partial charge is 0.310 e. The average Bonchev–Trinajstić information content (AvgIpc) is 2.38. The summed E-state index contributed by atoms with van der Waals surface area (Å²) in [5.41, 5.74) is 1.33. The molecule has 1 nitrogen and oxygen atoms in total. The van der Waals surface area contributed by atoms with Crippen molar-refractivity contribution >= 4 is 0 Å². The second-order valence-corrected chi connectivity index (χ2v) is 6.20. The van der Waals surface area contributed by atoms with Crippen LogP contribution in [-0.4, -0.2) is 12.6 Å². The molecular weight excluding hydrogens is 218 g/mol. The molecule has 1 saturated carbocycles. The van der Waals surface area contributed by atoms with E-state index in [1.165, 1.54) is 56.9 Å². The first-order chi connectivity index (χ1) is 8.69. The minimum atomic E-state index is 0.567. The molecule has 0 aromatic carbocycles. The Hall–Kier alpha value is -0.300. The molecule has 0 saturated heterocycles. The van der Waals surface area contributed by atoms with Crippen LogP contribution in [0.2, 0.25) is 0 Å². The van der Waals surface area contributed by atoms with Gasteiger partial charge in [-0.2, -0.15) is 0 Å². The van der Waals surface area contributed by atoms with Gasteiger partial charge >= 0.3 is 0 Å². The Morgan fingerprint density at radius 1 is 1.17 bits per heavy atom. The van der Waals surface area contributed by atoms with Gasteiger partial charge in [-0.05, 0) is 44.6 Å². The Morgan fingerprint density at radius 2 is 1.83 bits per heavy atom. The van der Waals surface area contributed by atoms with E-state index >= 15 is 0 Å². The molecule has 0 heterocycles. The molecule has 1 unspecified atom stereocenters. The third-order valence-electron chi connectivity index (χ3n) is 4.47. The molecular formula is C17H33N. The number of unbranched alkanes of at least 4 members (excludes halogenated alkanes) is 1. The summed E-state index contributed by atoms with van der Waals surface area (Å²) in [6, 6.07) is 0.567. The van der Waals surface area contributed by atoms with E-state index in [4.69, 9.17) is 0 Å². The van der Waals surface area contributed by atoms with Crippen LogP contribution < -0.4 is 5.32 Å². The predicted molar refractivity (Wildman–Crippen MR) is 81.9 cm³/mol. The van der Waals surface area contributed by atoms with Gasteiger partial charge in [0, 0.05) is 6.04 Å². The molecule has 0 aliphatic heterocycles. The molecule has 1 rings (SSSR count). The quantitative estimate of drug-likeness (QED) is 0.603. The normalized spacial score (nSPS) is 25.9. The van der Waals surface area contributed by atoms with Gasteiger partial charge in [0.05, 0.1) is 0 Å². The Kier molecular flexibility index (Phi) is 7.65. The topological polar surface area (TPSA) is 12.0 Å². The van der Waals surface area contributed by atoms with Gasteiger partial charge in [0.1, 0.15) is 0 Å². The molecule has 18 heavy (non-hydrogen) atoms. The summed E-state index contributed by atoms with van der Waals surface area (Å²) in [5.74, 6) is 1.85. The highest BCUT2D eigenvalue weighted by Gasteiger charge is 2.27. The van der Waals surface area contributed by atoms with Crippen LogP contribution in [0.1, 0.15) is 72.1 Å². The van der Waals surface area contributed by atoms with Crippen molar-refractivity contribution in [1.82, 2.24) is 5.32 Å².